The first kappa shape index (κ1) is 20.4. The number of rotatable bonds is 4. The first-order valence-corrected chi connectivity index (χ1v) is 11.2. The average molecular weight is 458 g/mol. The van der Waals surface area contributed by atoms with Crippen LogP contribution in [-0.4, -0.2) is 55.7 Å². The van der Waals surface area contributed by atoms with Crippen molar-refractivity contribution in [1.82, 2.24) is 29.9 Å². The number of hydrogen-bond donors (Lipinski definition) is 1. The van der Waals surface area contributed by atoms with Crippen LogP contribution in [0.5, 0.6) is 11.5 Å². The van der Waals surface area contributed by atoms with Crippen LogP contribution in [0.2, 0.25) is 0 Å². The normalized spacial score (nSPS) is 15.7. The zero-order valence-electron chi connectivity index (χ0n) is 18.3. The third kappa shape index (κ3) is 3.66. The number of H-pyrrole nitrogens is 1. The van der Waals surface area contributed by atoms with Crippen molar-refractivity contribution in [3.63, 3.8) is 0 Å². The summed E-state index contributed by atoms with van der Waals surface area (Å²) in [7, 11) is 0. The van der Waals surface area contributed by atoms with Gasteiger partial charge in [0.25, 0.3) is 11.5 Å². The molecule has 0 atom stereocenters. The number of aromatic nitrogens is 5. The van der Waals surface area contributed by atoms with Gasteiger partial charge in [0, 0.05) is 24.6 Å². The van der Waals surface area contributed by atoms with Crippen molar-refractivity contribution in [2.75, 3.05) is 19.9 Å². The third-order valence-corrected chi connectivity index (χ3v) is 6.36. The minimum Gasteiger partial charge on any atom is -0.454 e. The van der Waals surface area contributed by atoms with E-state index >= 15 is 0 Å². The van der Waals surface area contributed by atoms with Crippen LogP contribution in [0.1, 0.15) is 40.5 Å². The Morgan fingerprint density at radius 2 is 1.85 bits per heavy atom. The van der Waals surface area contributed by atoms with Crippen LogP contribution in [0.4, 0.5) is 0 Å². The molecule has 0 unspecified atom stereocenters. The summed E-state index contributed by atoms with van der Waals surface area (Å²) in [5, 5.41) is 8.17. The minimum absolute atomic E-state index is 0.0398. The average Bonchev–Trinajstić information content (AvgIpc) is 3.51. The summed E-state index contributed by atoms with van der Waals surface area (Å²) in [6, 6.07) is 15.1. The number of ether oxygens (including phenoxy) is 2. The first-order chi connectivity index (χ1) is 16.7. The number of likely N-dealkylation sites (tertiary alicyclic amines) is 1. The number of carbonyl (C=O) groups is 1. The van der Waals surface area contributed by atoms with Crippen LogP contribution in [-0.2, 0) is 6.54 Å². The Hall–Kier alpha value is -4.21. The van der Waals surface area contributed by atoms with E-state index in [1.54, 1.807) is 22.9 Å². The molecule has 172 valence electrons. The van der Waals surface area contributed by atoms with Gasteiger partial charge < -0.3 is 19.4 Å². The fraction of sp³-hybridized carbons (Fsp3) is 0.292. The van der Waals surface area contributed by atoms with Gasteiger partial charge in [-0.3, -0.25) is 9.59 Å². The third-order valence-electron chi connectivity index (χ3n) is 6.36. The summed E-state index contributed by atoms with van der Waals surface area (Å²) in [4.78, 5) is 35.1. The molecule has 1 N–H and O–H groups in total. The number of benzene rings is 2. The minimum atomic E-state index is -0.293. The SMILES string of the molecule is O=C(c1ccc2c(c1)OCO2)N1CCC(c2nc3c(nnn3Cc3ccccc3)c(=O)[nH]2)CC1. The molecule has 4 heterocycles. The second-order valence-electron chi connectivity index (χ2n) is 8.49. The first-order valence-electron chi connectivity index (χ1n) is 11.2. The van der Waals surface area contributed by atoms with Crippen molar-refractivity contribution in [3.8, 4) is 11.5 Å². The zero-order chi connectivity index (χ0) is 23.1. The zero-order valence-corrected chi connectivity index (χ0v) is 18.3. The molecule has 1 saturated heterocycles. The molecule has 0 bridgehead atoms. The molecule has 1 fully saturated rings. The number of carbonyl (C=O) groups excluding carboxylic acids is 1. The number of fused-ring (bicyclic) bond motifs is 2. The molecule has 2 aromatic carbocycles. The lowest BCUT2D eigenvalue weighted by atomic mass is 9.95. The number of nitrogens with one attached hydrogen (secondary N) is 1. The molecule has 0 spiro atoms. The van der Waals surface area contributed by atoms with E-state index in [4.69, 9.17) is 14.5 Å². The van der Waals surface area contributed by atoms with Gasteiger partial charge in [-0.15, -0.1) is 5.10 Å². The van der Waals surface area contributed by atoms with Gasteiger partial charge in [0.1, 0.15) is 5.82 Å². The summed E-state index contributed by atoms with van der Waals surface area (Å²) in [5.41, 5.74) is 2.04. The number of amides is 1. The summed E-state index contributed by atoms with van der Waals surface area (Å²) in [6.07, 6.45) is 1.40. The Kier molecular flexibility index (Phi) is 4.97. The van der Waals surface area contributed by atoms with Crippen LogP contribution < -0.4 is 15.0 Å². The van der Waals surface area contributed by atoms with Gasteiger partial charge in [0.05, 0.1) is 6.54 Å². The number of piperidine rings is 1. The van der Waals surface area contributed by atoms with E-state index in [0.29, 0.717) is 61.0 Å². The monoisotopic (exact) mass is 458 g/mol. The Labute approximate surface area is 194 Å². The van der Waals surface area contributed by atoms with Crippen molar-refractivity contribution >= 4 is 17.1 Å². The highest BCUT2D eigenvalue weighted by molar-refractivity contribution is 5.95. The number of hydrogen-bond acceptors (Lipinski definition) is 7. The summed E-state index contributed by atoms with van der Waals surface area (Å²) in [6.45, 7) is 1.80. The second kappa shape index (κ2) is 8.29. The van der Waals surface area contributed by atoms with Gasteiger partial charge in [-0.05, 0) is 36.6 Å². The van der Waals surface area contributed by atoms with Crippen LogP contribution in [0.25, 0.3) is 11.2 Å². The van der Waals surface area contributed by atoms with Gasteiger partial charge in [-0.2, -0.15) is 0 Å². The topological polar surface area (TPSA) is 115 Å². The fourth-order valence-corrected chi connectivity index (χ4v) is 4.51. The van der Waals surface area contributed by atoms with Crippen molar-refractivity contribution in [1.29, 1.82) is 0 Å². The maximum Gasteiger partial charge on any atom is 0.281 e. The van der Waals surface area contributed by atoms with Crippen molar-refractivity contribution in [2.45, 2.75) is 25.3 Å². The number of nitrogens with zero attached hydrogens (tertiary/aromatic N) is 5. The summed E-state index contributed by atoms with van der Waals surface area (Å²) >= 11 is 0. The van der Waals surface area contributed by atoms with E-state index in [1.165, 1.54) is 0 Å². The predicted octanol–water partition coefficient (Wildman–Crippen LogP) is 2.31. The molecule has 6 rings (SSSR count). The maximum atomic E-state index is 13.0. The summed E-state index contributed by atoms with van der Waals surface area (Å²) in [5.74, 6) is 1.86. The Morgan fingerprint density at radius 3 is 2.68 bits per heavy atom. The maximum absolute atomic E-state index is 13.0. The second-order valence-corrected chi connectivity index (χ2v) is 8.49. The molecule has 10 nitrogen and oxygen atoms in total. The van der Waals surface area contributed by atoms with Gasteiger partial charge in [-0.25, -0.2) is 9.67 Å². The van der Waals surface area contributed by atoms with Crippen molar-refractivity contribution in [2.24, 2.45) is 0 Å². The molecular formula is C24H22N6O4. The van der Waals surface area contributed by atoms with Crippen LogP contribution in [0.15, 0.2) is 53.3 Å². The highest BCUT2D eigenvalue weighted by Gasteiger charge is 2.28. The Balaban J connectivity index is 1.19. The highest BCUT2D eigenvalue weighted by Crippen LogP contribution is 2.33. The largest absolute Gasteiger partial charge is 0.454 e. The molecule has 2 aliphatic heterocycles. The molecule has 2 aromatic heterocycles. The number of aromatic amines is 1. The van der Waals surface area contributed by atoms with Crippen LogP contribution in [0, 0.1) is 0 Å². The Bertz CT molecular complexity index is 1420. The molecule has 0 radical (unpaired) electrons. The molecule has 2 aliphatic rings. The lowest BCUT2D eigenvalue weighted by molar-refractivity contribution is 0.0710. The van der Waals surface area contributed by atoms with E-state index in [2.05, 4.69) is 15.3 Å². The molecule has 34 heavy (non-hydrogen) atoms. The smallest absolute Gasteiger partial charge is 0.281 e. The predicted molar refractivity (Wildman–Crippen MR) is 122 cm³/mol. The van der Waals surface area contributed by atoms with Gasteiger partial charge >= 0.3 is 0 Å². The molecule has 0 saturated carbocycles. The molecule has 0 aliphatic carbocycles. The van der Waals surface area contributed by atoms with Gasteiger partial charge in [-0.1, -0.05) is 35.5 Å². The quantitative estimate of drug-likeness (QED) is 0.499. The van der Waals surface area contributed by atoms with Crippen LogP contribution in [0.3, 0.4) is 0 Å². The van der Waals surface area contributed by atoms with E-state index in [-0.39, 0.29) is 29.7 Å². The van der Waals surface area contributed by atoms with Gasteiger partial charge in [0.2, 0.25) is 6.79 Å². The van der Waals surface area contributed by atoms with E-state index < -0.39 is 0 Å². The van der Waals surface area contributed by atoms with Crippen LogP contribution >= 0.6 is 0 Å². The van der Waals surface area contributed by atoms with E-state index in [1.807, 2.05) is 35.2 Å². The molecule has 1 amide bonds. The van der Waals surface area contributed by atoms with E-state index in [9.17, 15) is 9.59 Å². The lowest BCUT2D eigenvalue weighted by Crippen LogP contribution is -2.38. The molecule has 4 aromatic rings. The molecular weight excluding hydrogens is 436 g/mol. The van der Waals surface area contributed by atoms with Crippen molar-refractivity contribution < 1.29 is 14.3 Å². The van der Waals surface area contributed by atoms with Gasteiger partial charge in [0.15, 0.2) is 22.7 Å². The standard InChI is InChI=1S/C24H22N6O4/c31-23-20-22(30(28-27-20)13-15-4-2-1-3-5-15)25-21(26-23)16-8-10-29(11-9-16)24(32)17-6-7-18-19(12-17)34-14-33-18/h1-7,12,16H,8-11,13-14H2,(H,25,26,31). The molecule has 10 heteroatoms. The highest BCUT2D eigenvalue weighted by atomic mass is 16.7. The van der Waals surface area contributed by atoms with E-state index in [0.717, 1.165) is 5.56 Å². The van der Waals surface area contributed by atoms with Crippen molar-refractivity contribution in [3.05, 3.63) is 75.8 Å². The fourth-order valence-electron chi connectivity index (χ4n) is 4.51. The Morgan fingerprint density at radius 1 is 1.06 bits per heavy atom. The summed E-state index contributed by atoms with van der Waals surface area (Å²) < 4.78 is 12.4. The lowest BCUT2D eigenvalue weighted by Gasteiger charge is -2.31.